The summed E-state index contributed by atoms with van der Waals surface area (Å²) >= 11 is 0. The van der Waals surface area contributed by atoms with E-state index in [4.69, 9.17) is 21.2 Å². The molecule has 0 bridgehead atoms. The summed E-state index contributed by atoms with van der Waals surface area (Å²) in [4.78, 5) is 4.81. The highest BCUT2D eigenvalue weighted by Gasteiger charge is 2.13. The Hall–Kier alpha value is -2.53. The molecule has 2 aromatic carbocycles. The molecule has 0 radical (unpaired) electrons. The van der Waals surface area contributed by atoms with Crippen molar-refractivity contribution in [3.63, 3.8) is 0 Å². The number of hydrogen-bond acceptors (Lipinski definition) is 4. The maximum absolute atomic E-state index is 6.13. The molecular formula is C19H24N4O. The van der Waals surface area contributed by atoms with Crippen molar-refractivity contribution in [3.05, 3.63) is 42.5 Å². The van der Waals surface area contributed by atoms with E-state index in [1.165, 1.54) is 0 Å². The van der Waals surface area contributed by atoms with Gasteiger partial charge in [-0.1, -0.05) is 12.1 Å². The molecular weight excluding hydrogens is 300 g/mol. The van der Waals surface area contributed by atoms with E-state index < -0.39 is 0 Å². The van der Waals surface area contributed by atoms with Gasteiger partial charge in [-0.3, -0.25) is 0 Å². The Balaban J connectivity index is 2.04. The van der Waals surface area contributed by atoms with E-state index in [0.717, 1.165) is 41.8 Å². The highest BCUT2D eigenvalue weighted by Crippen LogP contribution is 2.30. The number of rotatable bonds is 7. The largest absolute Gasteiger partial charge is 0.492 e. The Bertz CT molecular complexity index is 825. The zero-order chi connectivity index (χ0) is 16.9. The number of nitrogen functional groups attached to an aromatic ring is 1. The van der Waals surface area contributed by atoms with Crippen molar-refractivity contribution in [1.82, 2.24) is 9.55 Å². The third-order valence-electron chi connectivity index (χ3n) is 4.06. The van der Waals surface area contributed by atoms with E-state index in [1.54, 1.807) is 0 Å². The summed E-state index contributed by atoms with van der Waals surface area (Å²) in [5.74, 6) is 1.65. The first-order chi connectivity index (χ1) is 11.7. The summed E-state index contributed by atoms with van der Waals surface area (Å²) < 4.78 is 7.78. The molecule has 126 valence electrons. The fourth-order valence-corrected chi connectivity index (χ4v) is 2.91. The molecule has 0 atom stereocenters. The first-order valence-electron chi connectivity index (χ1n) is 8.42. The molecule has 5 nitrogen and oxygen atoms in total. The lowest BCUT2D eigenvalue weighted by Gasteiger charge is -2.11. The van der Waals surface area contributed by atoms with Gasteiger partial charge in [-0.05, 0) is 56.6 Å². The number of nitrogens with zero attached hydrogens (tertiary/aromatic N) is 2. The lowest BCUT2D eigenvalue weighted by atomic mass is 10.1. The monoisotopic (exact) mass is 324 g/mol. The number of hydrogen-bond donors (Lipinski definition) is 2. The molecule has 0 spiro atoms. The molecule has 0 saturated heterocycles. The second-order valence-electron chi connectivity index (χ2n) is 5.76. The maximum atomic E-state index is 6.13. The summed E-state index contributed by atoms with van der Waals surface area (Å²) in [6.07, 6.45) is 2.02. The van der Waals surface area contributed by atoms with E-state index >= 15 is 0 Å². The van der Waals surface area contributed by atoms with Crippen LogP contribution in [0.4, 0.5) is 5.69 Å². The van der Waals surface area contributed by atoms with Crippen LogP contribution >= 0.6 is 0 Å². The number of benzene rings is 2. The summed E-state index contributed by atoms with van der Waals surface area (Å²) in [5.41, 5.74) is 15.5. The third kappa shape index (κ3) is 3.21. The van der Waals surface area contributed by atoms with Gasteiger partial charge in [0, 0.05) is 12.1 Å². The van der Waals surface area contributed by atoms with Crippen molar-refractivity contribution >= 4 is 16.7 Å². The molecule has 4 N–H and O–H groups in total. The van der Waals surface area contributed by atoms with Crippen LogP contribution in [0, 0.1) is 0 Å². The molecule has 24 heavy (non-hydrogen) atoms. The smallest absolute Gasteiger partial charge is 0.142 e. The lowest BCUT2D eigenvalue weighted by molar-refractivity contribution is 0.342. The molecule has 0 aliphatic heterocycles. The van der Waals surface area contributed by atoms with Crippen LogP contribution in [0.15, 0.2) is 42.5 Å². The van der Waals surface area contributed by atoms with Crippen LogP contribution in [0.1, 0.15) is 19.8 Å². The minimum atomic E-state index is 0.598. The molecule has 1 aromatic heterocycles. The zero-order valence-corrected chi connectivity index (χ0v) is 14.0. The number of unbranched alkanes of at least 4 members (excludes halogenated alkanes) is 1. The number of nitrogens with two attached hydrogens (primary N) is 2. The van der Waals surface area contributed by atoms with Crippen LogP contribution in [0.5, 0.6) is 5.75 Å². The quantitative estimate of drug-likeness (QED) is 0.515. The van der Waals surface area contributed by atoms with Crippen molar-refractivity contribution in [2.45, 2.75) is 26.3 Å². The molecule has 3 rings (SSSR count). The van der Waals surface area contributed by atoms with Crippen LogP contribution in [0.25, 0.3) is 22.4 Å². The number of aryl methyl sites for hydroxylation is 1. The number of anilines is 1. The van der Waals surface area contributed by atoms with Crippen molar-refractivity contribution in [2.75, 3.05) is 18.9 Å². The van der Waals surface area contributed by atoms with E-state index in [1.807, 2.05) is 43.3 Å². The van der Waals surface area contributed by atoms with Crippen molar-refractivity contribution in [2.24, 2.45) is 5.73 Å². The molecule has 3 aromatic rings. The number of aromatic nitrogens is 2. The Morgan fingerprint density at radius 2 is 1.96 bits per heavy atom. The molecule has 0 fully saturated rings. The molecule has 0 amide bonds. The number of ether oxygens (including phenoxy) is 1. The Morgan fingerprint density at radius 1 is 1.12 bits per heavy atom. The van der Waals surface area contributed by atoms with Crippen molar-refractivity contribution < 1.29 is 4.74 Å². The fraction of sp³-hybridized carbons (Fsp3) is 0.316. The summed E-state index contributed by atoms with van der Waals surface area (Å²) in [6, 6.07) is 14.1. The molecule has 0 aliphatic carbocycles. The van der Waals surface area contributed by atoms with Gasteiger partial charge in [-0.2, -0.15) is 0 Å². The van der Waals surface area contributed by atoms with Crippen LogP contribution in [0.3, 0.4) is 0 Å². The normalized spacial score (nSPS) is 11.1. The Labute approximate surface area is 142 Å². The van der Waals surface area contributed by atoms with Gasteiger partial charge in [-0.25, -0.2) is 4.98 Å². The Kier molecular flexibility index (Phi) is 5.01. The van der Waals surface area contributed by atoms with Gasteiger partial charge in [0.25, 0.3) is 0 Å². The molecule has 1 heterocycles. The summed E-state index contributed by atoms with van der Waals surface area (Å²) in [6.45, 7) is 4.14. The summed E-state index contributed by atoms with van der Waals surface area (Å²) in [7, 11) is 0. The standard InChI is InChI=1S/C19H24N4O/c1-2-24-18-10-9-14(13-15(18)21)19-22-16-7-3-4-8-17(16)23(19)12-6-5-11-20/h3-4,7-10,13H,2,5-6,11-12,20-21H2,1H3. The van der Waals surface area contributed by atoms with Crippen molar-refractivity contribution in [3.8, 4) is 17.1 Å². The van der Waals surface area contributed by atoms with Gasteiger partial charge < -0.3 is 20.8 Å². The van der Waals surface area contributed by atoms with Gasteiger partial charge in [0.15, 0.2) is 0 Å². The number of para-hydroxylation sites is 2. The number of fused-ring (bicyclic) bond motifs is 1. The SMILES string of the molecule is CCOc1ccc(-c2nc3ccccc3n2CCCCN)cc1N. The van der Waals surface area contributed by atoms with Gasteiger partial charge >= 0.3 is 0 Å². The topological polar surface area (TPSA) is 79.1 Å². The summed E-state index contributed by atoms with van der Waals surface area (Å²) in [5, 5.41) is 0. The Morgan fingerprint density at radius 3 is 2.71 bits per heavy atom. The third-order valence-corrected chi connectivity index (χ3v) is 4.06. The van der Waals surface area contributed by atoms with E-state index in [9.17, 15) is 0 Å². The minimum Gasteiger partial charge on any atom is -0.492 e. The van der Waals surface area contributed by atoms with Crippen LogP contribution in [0.2, 0.25) is 0 Å². The van der Waals surface area contributed by atoms with E-state index in [2.05, 4.69) is 10.6 Å². The van der Waals surface area contributed by atoms with Crippen LogP contribution < -0.4 is 16.2 Å². The van der Waals surface area contributed by atoms with Gasteiger partial charge in [0.1, 0.15) is 11.6 Å². The average Bonchev–Trinajstić information content (AvgIpc) is 2.96. The van der Waals surface area contributed by atoms with Gasteiger partial charge in [-0.15, -0.1) is 0 Å². The average molecular weight is 324 g/mol. The second kappa shape index (κ2) is 7.36. The highest BCUT2D eigenvalue weighted by atomic mass is 16.5. The predicted molar refractivity (Wildman–Crippen MR) is 99.0 cm³/mol. The molecule has 0 saturated carbocycles. The van der Waals surface area contributed by atoms with Gasteiger partial charge in [0.2, 0.25) is 0 Å². The predicted octanol–water partition coefficient (Wildman–Crippen LogP) is 3.42. The molecule has 5 heteroatoms. The molecule has 0 aliphatic rings. The van der Waals surface area contributed by atoms with E-state index in [-0.39, 0.29) is 0 Å². The van der Waals surface area contributed by atoms with Crippen molar-refractivity contribution in [1.29, 1.82) is 0 Å². The molecule has 0 unspecified atom stereocenters. The first kappa shape index (κ1) is 16.3. The second-order valence-corrected chi connectivity index (χ2v) is 5.76. The van der Waals surface area contributed by atoms with E-state index in [0.29, 0.717) is 24.6 Å². The minimum absolute atomic E-state index is 0.598. The maximum Gasteiger partial charge on any atom is 0.142 e. The van der Waals surface area contributed by atoms with Crippen LogP contribution in [-0.2, 0) is 6.54 Å². The lowest BCUT2D eigenvalue weighted by Crippen LogP contribution is -2.05. The van der Waals surface area contributed by atoms with Gasteiger partial charge in [0.05, 0.1) is 23.3 Å². The van der Waals surface area contributed by atoms with Crippen LogP contribution in [-0.4, -0.2) is 22.7 Å². The zero-order valence-electron chi connectivity index (χ0n) is 14.0. The highest BCUT2D eigenvalue weighted by molar-refractivity contribution is 5.81. The first-order valence-corrected chi connectivity index (χ1v) is 8.42. The number of imidazole rings is 1. The fourth-order valence-electron chi connectivity index (χ4n) is 2.91.